The summed E-state index contributed by atoms with van der Waals surface area (Å²) in [4.78, 5) is 3.95. The lowest BCUT2D eigenvalue weighted by molar-refractivity contribution is 0.415. The molecule has 5 heteroatoms. The van der Waals surface area contributed by atoms with Crippen molar-refractivity contribution in [1.82, 2.24) is 15.2 Å². The number of nitrogens with one attached hydrogen (secondary N) is 2. The van der Waals surface area contributed by atoms with Gasteiger partial charge in [-0.2, -0.15) is 10.1 Å². The van der Waals surface area contributed by atoms with Gasteiger partial charge in [-0.25, -0.2) is 5.10 Å². The van der Waals surface area contributed by atoms with E-state index in [1.165, 1.54) is 6.33 Å². The number of rotatable bonds is 3. The van der Waals surface area contributed by atoms with Gasteiger partial charge in [0.15, 0.2) is 0 Å². The molecule has 0 aliphatic carbocycles. The van der Waals surface area contributed by atoms with Crippen molar-refractivity contribution < 1.29 is 4.74 Å². The number of aromatic nitrogens is 3. The first-order chi connectivity index (χ1) is 6.88. The van der Waals surface area contributed by atoms with Crippen molar-refractivity contribution >= 4 is 11.6 Å². The van der Waals surface area contributed by atoms with Crippen LogP contribution in [0.15, 0.2) is 30.6 Å². The maximum Gasteiger partial charge on any atom is 0.222 e. The summed E-state index contributed by atoms with van der Waals surface area (Å²) in [5.41, 5.74) is 0.904. The van der Waals surface area contributed by atoms with Gasteiger partial charge in [0, 0.05) is 11.8 Å². The minimum Gasteiger partial charge on any atom is -0.497 e. The predicted molar refractivity (Wildman–Crippen MR) is 52.7 cm³/mol. The van der Waals surface area contributed by atoms with Crippen molar-refractivity contribution in [3.63, 3.8) is 0 Å². The highest BCUT2D eigenvalue weighted by atomic mass is 16.5. The van der Waals surface area contributed by atoms with Crippen LogP contribution in [0.1, 0.15) is 0 Å². The normalized spacial score (nSPS) is 9.79. The average Bonchev–Trinajstić information content (AvgIpc) is 2.71. The van der Waals surface area contributed by atoms with E-state index in [0.29, 0.717) is 5.95 Å². The Bertz CT molecular complexity index is 399. The van der Waals surface area contributed by atoms with Crippen LogP contribution in [0, 0.1) is 0 Å². The van der Waals surface area contributed by atoms with Crippen LogP contribution in [0.5, 0.6) is 5.75 Å². The minimum absolute atomic E-state index is 0.609. The number of H-pyrrole nitrogens is 1. The Labute approximate surface area is 81.1 Å². The van der Waals surface area contributed by atoms with Crippen molar-refractivity contribution in [2.24, 2.45) is 0 Å². The Hall–Kier alpha value is -2.04. The number of ether oxygens (including phenoxy) is 1. The second kappa shape index (κ2) is 3.78. The van der Waals surface area contributed by atoms with E-state index in [4.69, 9.17) is 4.74 Å². The first-order valence-corrected chi connectivity index (χ1v) is 4.15. The number of benzene rings is 1. The molecule has 1 aromatic carbocycles. The molecule has 0 bridgehead atoms. The Morgan fingerprint density at radius 1 is 1.43 bits per heavy atom. The molecule has 0 atom stereocenters. The lowest BCUT2D eigenvalue weighted by atomic mass is 10.3. The van der Waals surface area contributed by atoms with E-state index in [-0.39, 0.29) is 0 Å². The first kappa shape index (κ1) is 8.55. The van der Waals surface area contributed by atoms with Crippen LogP contribution >= 0.6 is 0 Å². The van der Waals surface area contributed by atoms with Crippen LogP contribution < -0.4 is 10.1 Å². The molecule has 1 heterocycles. The van der Waals surface area contributed by atoms with Crippen LogP contribution in [0.3, 0.4) is 0 Å². The van der Waals surface area contributed by atoms with Crippen molar-refractivity contribution in [2.45, 2.75) is 0 Å². The second-order valence-electron chi connectivity index (χ2n) is 2.69. The maximum absolute atomic E-state index is 5.09. The molecule has 0 spiro atoms. The summed E-state index contributed by atoms with van der Waals surface area (Å²) in [6.07, 6.45) is 1.45. The average molecular weight is 190 g/mol. The molecule has 5 nitrogen and oxygen atoms in total. The molecule has 72 valence electrons. The highest BCUT2D eigenvalue weighted by molar-refractivity contribution is 5.55. The van der Waals surface area contributed by atoms with E-state index in [9.17, 15) is 0 Å². The van der Waals surface area contributed by atoms with E-state index < -0.39 is 0 Å². The number of hydrogen-bond donors (Lipinski definition) is 2. The molecule has 2 rings (SSSR count). The molecule has 0 radical (unpaired) electrons. The van der Waals surface area contributed by atoms with E-state index >= 15 is 0 Å². The van der Waals surface area contributed by atoms with Crippen molar-refractivity contribution in [2.75, 3.05) is 12.4 Å². The number of nitrogens with zero attached hydrogens (tertiary/aromatic N) is 2. The monoisotopic (exact) mass is 190 g/mol. The van der Waals surface area contributed by atoms with Crippen LogP contribution in [-0.4, -0.2) is 22.3 Å². The fourth-order valence-corrected chi connectivity index (χ4v) is 1.10. The van der Waals surface area contributed by atoms with Crippen molar-refractivity contribution in [1.29, 1.82) is 0 Å². The topological polar surface area (TPSA) is 62.8 Å². The number of methoxy groups -OCH3 is 1. The van der Waals surface area contributed by atoms with E-state index in [2.05, 4.69) is 20.5 Å². The van der Waals surface area contributed by atoms with Crippen LogP contribution in [0.25, 0.3) is 0 Å². The molecule has 0 saturated carbocycles. The van der Waals surface area contributed by atoms with Gasteiger partial charge in [-0.3, -0.25) is 0 Å². The number of aromatic amines is 1. The largest absolute Gasteiger partial charge is 0.497 e. The Balaban J connectivity index is 2.17. The smallest absolute Gasteiger partial charge is 0.222 e. The summed E-state index contributed by atoms with van der Waals surface area (Å²) >= 11 is 0. The summed E-state index contributed by atoms with van der Waals surface area (Å²) in [7, 11) is 1.63. The van der Waals surface area contributed by atoms with Gasteiger partial charge in [-0.1, -0.05) is 6.07 Å². The van der Waals surface area contributed by atoms with Gasteiger partial charge in [0.1, 0.15) is 12.1 Å². The summed E-state index contributed by atoms with van der Waals surface area (Å²) < 4.78 is 5.09. The zero-order valence-electron chi connectivity index (χ0n) is 7.69. The van der Waals surface area contributed by atoms with E-state index in [1.807, 2.05) is 24.3 Å². The van der Waals surface area contributed by atoms with Gasteiger partial charge < -0.3 is 10.1 Å². The van der Waals surface area contributed by atoms with Crippen LogP contribution in [-0.2, 0) is 0 Å². The van der Waals surface area contributed by atoms with Crippen LogP contribution in [0.2, 0.25) is 0 Å². The fraction of sp³-hybridized carbons (Fsp3) is 0.111. The van der Waals surface area contributed by atoms with Gasteiger partial charge in [-0.05, 0) is 12.1 Å². The second-order valence-corrected chi connectivity index (χ2v) is 2.69. The highest BCUT2D eigenvalue weighted by Gasteiger charge is 1.97. The minimum atomic E-state index is 0.609. The van der Waals surface area contributed by atoms with Crippen LogP contribution in [0.4, 0.5) is 11.6 Å². The van der Waals surface area contributed by atoms with Gasteiger partial charge in [0.05, 0.1) is 7.11 Å². The molecular weight excluding hydrogens is 180 g/mol. The Kier molecular flexibility index (Phi) is 2.31. The zero-order chi connectivity index (χ0) is 9.80. The molecule has 1 aromatic heterocycles. The van der Waals surface area contributed by atoms with Crippen molar-refractivity contribution in [3.05, 3.63) is 30.6 Å². The molecule has 0 saturated heterocycles. The molecule has 0 aliphatic heterocycles. The van der Waals surface area contributed by atoms with Gasteiger partial charge in [0.25, 0.3) is 0 Å². The fourth-order valence-electron chi connectivity index (χ4n) is 1.10. The number of anilines is 2. The lowest BCUT2D eigenvalue weighted by Gasteiger charge is -2.04. The molecule has 0 unspecified atom stereocenters. The number of hydrogen-bond acceptors (Lipinski definition) is 4. The molecule has 0 aliphatic rings. The summed E-state index contributed by atoms with van der Waals surface area (Å²) in [5.74, 6) is 1.41. The summed E-state index contributed by atoms with van der Waals surface area (Å²) in [6.45, 7) is 0. The van der Waals surface area contributed by atoms with Crippen molar-refractivity contribution in [3.8, 4) is 5.75 Å². The zero-order valence-corrected chi connectivity index (χ0v) is 7.69. The molecule has 0 fully saturated rings. The van der Waals surface area contributed by atoms with E-state index in [0.717, 1.165) is 11.4 Å². The van der Waals surface area contributed by atoms with Gasteiger partial charge in [-0.15, -0.1) is 0 Å². The third-order valence-electron chi connectivity index (χ3n) is 1.75. The molecule has 0 amide bonds. The Morgan fingerprint density at radius 3 is 3.07 bits per heavy atom. The predicted octanol–water partition coefficient (Wildman–Crippen LogP) is 1.56. The molecule has 14 heavy (non-hydrogen) atoms. The third kappa shape index (κ3) is 1.82. The molecule has 2 aromatic rings. The third-order valence-corrected chi connectivity index (χ3v) is 1.75. The first-order valence-electron chi connectivity index (χ1n) is 4.15. The van der Waals surface area contributed by atoms with Gasteiger partial charge >= 0.3 is 0 Å². The summed E-state index contributed by atoms with van der Waals surface area (Å²) in [5, 5.41) is 9.49. The van der Waals surface area contributed by atoms with E-state index in [1.54, 1.807) is 7.11 Å². The summed E-state index contributed by atoms with van der Waals surface area (Å²) in [6, 6.07) is 7.58. The highest BCUT2D eigenvalue weighted by Crippen LogP contribution is 2.18. The van der Waals surface area contributed by atoms with Gasteiger partial charge in [0.2, 0.25) is 5.95 Å². The maximum atomic E-state index is 5.09. The lowest BCUT2D eigenvalue weighted by Crippen LogP contribution is -1.92. The standard InChI is InChI=1S/C9H10N4O/c1-14-8-4-2-3-7(5-8)12-9-10-6-11-13-9/h2-6H,1H3,(H2,10,11,12,13). The quantitative estimate of drug-likeness (QED) is 0.770. The Morgan fingerprint density at radius 2 is 2.36 bits per heavy atom. The molecular formula is C9H10N4O. The SMILES string of the molecule is COc1cccc(Nc2ncn[nH]2)c1. The molecule has 2 N–H and O–H groups in total.